The number of aryl methyl sites for hydroxylation is 1. The largest absolute Gasteiger partial charge is 0.490 e. The highest BCUT2D eigenvalue weighted by Crippen LogP contribution is 2.31. The summed E-state index contributed by atoms with van der Waals surface area (Å²) in [5.41, 5.74) is 8.02. The molecule has 0 saturated heterocycles. The molecule has 2 rings (SSSR count). The van der Waals surface area contributed by atoms with Crippen LogP contribution < -0.4 is 10.5 Å². The van der Waals surface area contributed by atoms with Crippen LogP contribution in [0.15, 0.2) is 18.2 Å². The summed E-state index contributed by atoms with van der Waals surface area (Å²) < 4.78 is 5.38. The Morgan fingerprint density at radius 1 is 1.57 bits per heavy atom. The molecule has 1 heterocycles. The lowest BCUT2D eigenvalue weighted by atomic mass is 9.96. The van der Waals surface area contributed by atoms with Gasteiger partial charge >= 0.3 is 0 Å². The Balaban J connectivity index is 2.41. The van der Waals surface area contributed by atoms with Crippen molar-refractivity contribution in [2.75, 3.05) is 6.61 Å². The number of hydrogen-bond acceptors (Lipinski definition) is 3. The first-order chi connectivity index (χ1) is 6.72. The Labute approximate surface area is 83.5 Å². The van der Waals surface area contributed by atoms with Crippen LogP contribution in [-0.4, -0.2) is 17.8 Å². The Morgan fingerprint density at radius 2 is 2.36 bits per heavy atom. The Bertz CT molecular complexity index is 338. The fourth-order valence-corrected chi connectivity index (χ4v) is 1.70. The molecule has 2 unspecified atom stereocenters. The molecule has 0 radical (unpaired) electrons. The van der Waals surface area contributed by atoms with E-state index in [0.717, 1.165) is 17.7 Å². The predicted octanol–water partition coefficient (Wildman–Crippen LogP) is 1.00. The molecule has 0 amide bonds. The minimum atomic E-state index is -0.588. The topological polar surface area (TPSA) is 55.5 Å². The van der Waals surface area contributed by atoms with Crippen molar-refractivity contribution in [1.82, 2.24) is 0 Å². The smallest absolute Gasteiger partial charge is 0.124 e. The van der Waals surface area contributed by atoms with E-state index in [0.29, 0.717) is 6.61 Å². The number of fused-ring (bicyclic) bond motifs is 1. The van der Waals surface area contributed by atoms with E-state index in [1.807, 2.05) is 18.2 Å². The van der Waals surface area contributed by atoms with E-state index in [-0.39, 0.29) is 6.04 Å². The summed E-state index contributed by atoms with van der Waals surface area (Å²) in [6.45, 7) is 2.38. The molecule has 1 aliphatic rings. The van der Waals surface area contributed by atoms with Crippen LogP contribution in [0, 0.1) is 0 Å². The van der Waals surface area contributed by atoms with E-state index in [1.165, 1.54) is 5.56 Å². The maximum Gasteiger partial charge on any atom is 0.124 e. The van der Waals surface area contributed by atoms with Gasteiger partial charge in [0.25, 0.3) is 0 Å². The maximum absolute atomic E-state index is 9.54. The quantitative estimate of drug-likeness (QED) is 0.699. The number of aliphatic hydroxyl groups is 1. The zero-order chi connectivity index (χ0) is 10.1. The first-order valence-corrected chi connectivity index (χ1v) is 4.91. The molecule has 0 saturated carbocycles. The molecule has 0 bridgehead atoms. The van der Waals surface area contributed by atoms with Gasteiger partial charge in [-0.15, -0.1) is 0 Å². The third kappa shape index (κ3) is 1.49. The molecule has 0 fully saturated rings. The van der Waals surface area contributed by atoms with Crippen molar-refractivity contribution in [2.45, 2.75) is 25.5 Å². The van der Waals surface area contributed by atoms with Crippen LogP contribution in [0.4, 0.5) is 0 Å². The van der Waals surface area contributed by atoms with Gasteiger partial charge in [0.15, 0.2) is 0 Å². The van der Waals surface area contributed by atoms with E-state index in [4.69, 9.17) is 10.5 Å². The van der Waals surface area contributed by atoms with Gasteiger partial charge in [-0.05, 0) is 18.1 Å². The lowest BCUT2D eigenvalue weighted by Crippen LogP contribution is -2.35. The van der Waals surface area contributed by atoms with Crippen molar-refractivity contribution < 1.29 is 9.84 Å². The average Bonchev–Trinajstić information content (AvgIpc) is 2.23. The van der Waals surface area contributed by atoms with Gasteiger partial charge in [0.2, 0.25) is 0 Å². The second kappa shape index (κ2) is 3.59. The van der Waals surface area contributed by atoms with Gasteiger partial charge < -0.3 is 15.6 Å². The van der Waals surface area contributed by atoms with Crippen LogP contribution in [0.5, 0.6) is 5.75 Å². The summed E-state index contributed by atoms with van der Waals surface area (Å²) in [5.74, 6) is 0.806. The molecule has 14 heavy (non-hydrogen) atoms. The van der Waals surface area contributed by atoms with Crippen LogP contribution in [0.1, 0.15) is 24.1 Å². The van der Waals surface area contributed by atoms with Crippen LogP contribution in [-0.2, 0) is 6.42 Å². The molecule has 3 nitrogen and oxygen atoms in total. The Kier molecular flexibility index (Phi) is 2.44. The molecule has 0 aliphatic carbocycles. The molecule has 0 aromatic heterocycles. The number of aliphatic hydroxyl groups excluding tert-OH is 1. The van der Waals surface area contributed by atoms with Gasteiger partial charge in [-0.25, -0.2) is 0 Å². The van der Waals surface area contributed by atoms with Crippen LogP contribution in [0.2, 0.25) is 0 Å². The highest BCUT2D eigenvalue weighted by Gasteiger charge is 2.26. The van der Waals surface area contributed by atoms with Crippen molar-refractivity contribution in [1.29, 1.82) is 0 Å². The fraction of sp³-hybridized carbons (Fsp3) is 0.455. The predicted molar refractivity (Wildman–Crippen MR) is 54.3 cm³/mol. The summed E-state index contributed by atoms with van der Waals surface area (Å²) in [6.07, 6.45) is 0.380. The summed E-state index contributed by atoms with van der Waals surface area (Å²) in [5, 5.41) is 9.54. The number of ether oxygens (including phenoxy) is 1. The van der Waals surface area contributed by atoms with Gasteiger partial charge in [-0.2, -0.15) is 0 Å². The fourth-order valence-electron chi connectivity index (χ4n) is 1.70. The van der Waals surface area contributed by atoms with Crippen molar-refractivity contribution in [3.8, 4) is 5.75 Å². The van der Waals surface area contributed by atoms with E-state index in [9.17, 15) is 5.11 Å². The van der Waals surface area contributed by atoms with Crippen molar-refractivity contribution in [3.63, 3.8) is 0 Å². The maximum atomic E-state index is 9.54. The van der Waals surface area contributed by atoms with Crippen molar-refractivity contribution >= 4 is 0 Å². The number of benzene rings is 1. The Hall–Kier alpha value is -1.06. The number of nitrogens with two attached hydrogens (primary N) is 1. The lowest BCUT2D eigenvalue weighted by Gasteiger charge is -2.28. The van der Waals surface area contributed by atoms with Crippen LogP contribution in [0.3, 0.4) is 0 Å². The van der Waals surface area contributed by atoms with Crippen molar-refractivity contribution in [2.24, 2.45) is 5.73 Å². The van der Waals surface area contributed by atoms with Gasteiger partial charge in [-0.3, -0.25) is 0 Å². The molecular weight excluding hydrogens is 178 g/mol. The highest BCUT2D eigenvalue weighted by atomic mass is 16.5. The second-order valence-corrected chi connectivity index (χ2v) is 3.63. The summed E-state index contributed by atoms with van der Waals surface area (Å²) in [4.78, 5) is 0. The monoisotopic (exact) mass is 193 g/mol. The minimum absolute atomic E-state index is 0.291. The minimum Gasteiger partial charge on any atom is -0.490 e. The van der Waals surface area contributed by atoms with E-state index >= 15 is 0 Å². The third-order valence-corrected chi connectivity index (χ3v) is 2.67. The molecule has 2 atom stereocenters. The van der Waals surface area contributed by atoms with Crippen molar-refractivity contribution in [3.05, 3.63) is 29.3 Å². The first kappa shape index (κ1) is 9.49. The number of rotatable bonds is 1. The molecule has 0 spiro atoms. The standard InChI is InChI=1S/C11H15NO2/c1-2-7-3-4-10-8(5-7)11(12)9(13)6-14-10/h3-5,9,11,13H,2,6,12H2,1H3. The third-order valence-electron chi connectivity index (χ3n) is 2.67. The summed E-state index contributed by atoms with van der Waals surface area (Å²) in [7, 11) is 0. The Morgan fingerprint density at radius 3 is 3.07 bits per heavy atom. The zero-order valence-corrected chi connectivity index (χ0v) is 8.23. The van der Waals surface area contributed by atoms with E-state index in [1.54, 1.807) is 0 Å². The molecule has 1 aromatic carbocycles. The van der Waals surface area contributed by atoms with Gasteiger partial charge in [0.05, 0.1) is 6.04 Å². The lowest BCUT2D eigenvalue weighted by molar-refractivity contribution is 0.0678. The zero-order valence-electron chi connectivity index (χ0n) is 8.23. The van der Waals surface area contributed by atoms with Crippen LogP contribution >= 0.6 is 0 Å². The normalized spacial score (nSPS) is 25.4. The summed E-state index contributed by atoms with van der Waals surface area (Å²) >= 11 is 0. The average molecular weight is 193 g/mol. The SMILES string of the molecule is CCc1ccc2c(c1)C(N)C(O)CO2. The van der Waals surface area contributed by atoms with Crippen LogP contribution in [0.25, 0.3) is 0 Å². The second-order valence-electron chi connectivity index (χ2n) is 3.63. The molecule has 1 aromatic rings. The number of hydrogen-bond donors (Lipinski definition) is 2. The molecule has 3 heteroatoms. The van der Waals surface area contributed by atoms with Gasteiger partial charge in [-0.1, -0.05) is 19.1 Å². The molecule has 1 aliphatic heterocycles. The van der Waals surface area contributed by atoms with E-state index < -0.39 is 6.10 Å². The molecule has 76 valence electrons. The molecular formula is C11H15NO2. The molecule has 3 N–H and O–H groups in total. The summed E-state index contributed by atoms with van der Waals surface area (Å²) in [6, 6.07) is 5.66. The van der Waals surface area contributed by atoms with E-state index in [2.05, 4.69) is 6.92 Å². The first-order valence-electron chi connectivity index (χ1n) is 4.91. The van der Waals surface area contributed by atoms with Gasteiger partial charge in [0, 0.05) is 5.56 Å². The highest BCUT2D eigenvalue weighted by molar-refractivity contribution is 5.41. The van der Waals surface area contributed by atoms with Gasteiger partial charge in [0.1, 0.15) is 18.5 Å².